The minimum atomic E-state index is -0.563. The lowest BCUT2D eigenvalue weighted by atomic mass is 10.2. The Morgan fingerprint density at radius 1 is 1.00 bits per heavy atom. The second-order valence-electron chi connectivity index (χ2n) is 4.93. The number of rotatable bonds is 5. The highest BCUT2D eigenvalue weighted by Crippen LogP contribution is 2.22. The van der Waals surface area contributed by atoms with E-state index in [4.69, 9.17) is 9.47 Å². The monoisotopic (exact) mass is 344 g/mol. The highest BCUT2D eigenvalue weighted by molar-refractivity contribution is 5.98. The fourth-order valence-corrected chi connectivity index (χ4v) is 1.95. The Balaban J connectivity index is 1.96. The van der Waals surface area contributed by atoms with Crippen molar-refractivity contribution >= 4 is 17.9 Å². The number of halogens is 1. The maximum Gasteiger partial charge on any atom is 0.269 e. The van der Waals surface area contributed by atoms with Crippen LogP contribution in [-0.2, 0) is 4.79 Å². The summed E-state index contributed by atoms with van der Waals surface area (Å²) < 4.78 is 23.2. The van der Waals surface area contributed by atoms with Crippen LogP contribution in [0.3, 0.4) is 0 Å². The standard InChI is InChI=1S/C18H17FN2O4/c1-24-15-9-13(10-16(11-15)25-2)18(23)21-20-17(22)7-6-12-4-3-5-14(19)8-12/h3-11H,1-2H3,(H,20,22)(H,21,23). The summed E-state index contributed by atoms with van der Waals surface area (Å²) in [5, 5.41) is 0. The number of hydrogen-bond acceptors (Lipinski definition) is 4. The molecule has 2 aromatic rings. The predicted octanol–water partition coefficient (Wildman–Crippen LogP) is 2.32. The van der Waals surface area contributed by atoms with Crippen molar-refractivity contribution in [2.45, 2.75) is 0 Å². The van der Waals surface area contributed by atoms with Gasteiger partial charge >= 0.3 is 0 Å². The molecule has 25 heavy (non-hydrogen) atoms. The molecular weight excluding hydrogens is 327 g/mol. The van der Waals surface area contributed by atoms with Gasteiger partial charge in [0.25, 0.3) is 11.8 Å². The zero-order chi connectivity index (χ0) is 18.2. The number of ether oxygens (including phenoxy) is 2. The highest BCUT2D eigenvalue weighted by Gasteiger charge is 2.10. The summed E-state index contributed by atoms with van der Waals surface area (Å²) in [6.07, 6.45) is 2.61. The molecule has 0 aliphatic heterocycles. The number of hydrazine groups is 1. The summed E-state index contributed by atoms with van der Waals surface area (Å²) in [6, 6.07) is 10.4. The van der Waals surface area contributed by atoms with Crippen LogP contribution in [0.2, 0.25) is 0 Å². The molecule has 0 aliphatic rings. The summed E-state index contributed by atoms with van der Waals surface area (Å²) in [7, 11) is 2.94. The van der Waals surface area contributed by atoms with Crippen molar-refractivity contribution in [2.75, 3.05) is 14.2 Å². The molecule has 2 amide bonds. The zero-order valence-electron chi connectivity index (χ0n) is 13.7. The smallest absolute Gasteiger partial charge is 0.269 e. The van der Waals surface area contributed by atoms with E-state index < -0.39 is 17.6 Å². The van der Waals surface area contributed by atoms with Crippen LogP contribution < -0.4 is 20.3 Å². The van der Waals surface area contributed by atoms with E-state index in [2.05, 4.69) is 10.9 Å². The minimum absolute atomic E-state index is 0.255. The van der Waals surface area contributed by atoms with E-state index in [1.807, 2.05) is 0 Å². The summed E-state index contributed by atoms with van der Waals surface area (Å²) in [5.74, 6) is -0.608. The molecule has 0 spiro atoms. The Bertz CT molecular complexity index is 783. The quantitative estimate of drug-likeness (QED) is 0.645. The first-order chi connectivity index (χ1) is 12.0. The molecule has 0 aromatic heterocycles. The van der Waals surface area contributed by atoms with Gasteiger partial charge in [0.1, 0.15) is 17.3 Å². The van der Waals surface area contributed by atoms with Gasteiger partial charge in [0, 0.05) is 17.7 Å². The summed E-state index contributed by atoms with van der Waals surface area (Å²) in [4.78, 5) is 23.8. The summed E-state index contributed by atoms with van der Waals surface area (Å²) in [6.45, 7) is 0. The van der Waals surface area contributed by atoms with Crippen molar-refractivity contribution in [1.29, 1.82) is 0 Å². The van der Waals surface area contributed by atoms with Crippen LogP contribution in [0.5, 0.6) is 11.5 Å². The van der Waals surface area contributed by atoms with Crippen molar-refractivity contribution in [1.82, 2.24) is 10.9 Å². The number of amides is 2. The van der Waals surface area contributed by atoms with Crippen molar-refractivity contribution in [3.8, 4) is 11.5 Å². The average Bonchev–Trinajstić information content (AvgIpc) is 2.63. The van der Waals surface area contributed by atoms with Crippen LogP contribution in [0.4, 0.5) is 4.39 Å². The number of methoxy groups -OCH3 is 2. The van der Waals surface area contributed by atoms with Gasteiger partial charge in [0.05, 0.1) is 14.2 Å². The fourth-order valence-electron chi connectivity index (χ4n) is 1.95. The number of hydrogen-bond donors (Lipinski definition) is 2. The lowest BCUT2D eigenvalue weighted by molar-refractivity contribution is -0.117. The van der Waals surface area contributed by atoms with Gasteiger partial charge in [-0.1, -0.05) is 12.1 Å². The largest absolute Gasteiger partial charge is 0.497 e. The molecule has 2 N–H and O–H groups in total. The van der Waals surface area contributed by atoms with Gasteiger partial charge in [-0.25, -0.2) is 4.39 Å². The molecule has 2 aromatic carbocycles. The van der Waals surface area contributed by atoms with Gasteiger partial charge in [-0.2, -0.15) is 0 Å². The Morgan fingerprint density at radius 3 is 2.28 bits per heavy atom. The first-order valence-electron chi connectivity index (χ1n) is 7.29. The van der Waals surface area contributed by atoms with Crippen molar-refractivity contribution in [3.05, 3.63) is 65.5 Å². The SMILES string of the molecule is COc1cc(OC)cc(C(=O)NNC(=O)C=Cc2cccc(F)c2)c1. The van der Waals surface area contributed by atoms with E-state index in [0.29, 0.717) is 17.1 Å². The van der Waals surface area contributed by atoms with Gasteiger partial charge in [0.15, 0.2) is 0 Å². The second-order valence-corrected chi connectivity index (χ2v) is 4.93. The molecule has 0 fully saturated rings. The van der Waals surface area contributed by atoms with E-state index in [-0.39, 0.29) is 5.56 Å². The van der Waals surface area contributed by atoms with Crippen LogP contribution in [0, 0.1) is 5.82 Å². The van der Waals surface area contributed by atoms with E-state index in [0.717, 1.165) is 0 Å². The van der Waals surface area contributed by atoms with Crippen LogP contribution in [0.15, 0.2) is 48.5 Å². The number of nitrogens with one attached hydrogen (secondary N) is 2. The second kappa shape index (κ2) is 8.49. The van der Waals surface area contributed by atoms with E-state index in [1.165, 1.54) is 56.7 Å². The molecule has 7 heteroatoms. The van der Waals surface area contributed by atoms with Crippen molar-refractivity contribution in [2.24, 2.45) is 0 Å². The van der Waals surface area contributed by atoms with Crippen LogP contribution >= 0.6 is 0 Å². The van der Waals surface area contributed by atoms with Gasteiger partial charge < -0.3 is 9.47 Å². The van der Waals surface area contributed by atoms with Crippen LogP contribution in [0.25, 0.3) is 6.08 Å². The van der Waals surface area contributed by atoms with Gasteiger partial charge in [-0.15, -0.1) is 0 Å². The first-order valence-corrected chi connectivity index (χ1v) is 7.29. The Morgan fingerprint density at radius 2 is 1.68 bits per heavy atom. The Kier molecular flexibility index (Phi) is 6.11. The molecule has 0 atom stereocenters. The van der Waals surface area contributed by atoms with Crippen molar-refractivity contribution < 1.29 is 23.5 Å². The molecule has 0 saturated carbocycles. The third kappa shape index (κ3) is 5.35. The molecule has 0 bridgehead atoms. The van der Waals surface area contributed by atoms with Crippen molar-refractivity contribution in [3.63, 3.8) is 0 Å². The maximum absolute atomic E-state index is 13.0. The van der Waals surface area contributed by atoms with Crippen LogP contribution in [0.1, 0.15) is 15.9 Å². The molecule has 0 aliphatic carbocycles. The van der Waals surface area contributed by atoms with Gasteiger partial charge in [-0.3, -0.25) is 20.4 Å². The molecule has 0 saturated heterocycles. The van der Waals surface area contributed by atoms with Gasteiger partial charge in [0.2, 0.25) is 0 Å². The topological polar surface area (TPSA) is 76.7 Å². The van der Waals surface area contributed by atoms with E-state index in [9.17, 15) is 14.0 Å². The normalized spacial score (nSPS) is 10.4. The lowest BCUT2D eigenvalue weighted by Gasteiger charge is -2.09. The third-order valence-electron chi connectivity index (χ3n) is 3.19. The molecule has 0 radical (unpaired) electrons. The van der Waals surface area contributed by atoms with E-state index >= 15 is 0 Å². The molecule has 0 unspecified atom stereocenters. The minimum Gasteiger partial charge on any atom is -0.497 e. The summed E-state index contributed by atoms with van der Waals surface area (Å²) >= 11 is 0. The third-order valence-corrected chi connectivity index (χ3v) is 3.19. The maximum atomic E-state index is 13.0. The number of benzene rings is 2. The highest BCUT2D eigenvalue weighted by atomic mass is 19.1. The zero-order valence-corrected chi connectivity index (χ0v) is 13.7. The van der Waals surface area contributed by atoms with Crippen LogP contribution in [-0.4, -0.2) is 26.0 Å². The number of carbonyl (C=O) groups is 2. The lowest BCUT2D eigenvalue weighted by Crippen LogP contribution is -2.40. The Labute approximate surface area is 144 Å². The first kappa shape index (κ1) is 18.0. The molecule has 0 heterocycles. The molecule has 130 valence electrons. The molecular formula is C18H17FN2O4. The number of carbonyl (C=O) groups excluding carboxylic acids is 2. The molecule has 6 nitrogen and oxygen atoms in total. The average molecular weight is 344 g/mol. The fraction of sp³-hybridized carbons (Fsp3) is 0.111. The predicted molar refractivity (Wildman–Crippen MR) is 90.6 cm³/mol. The van der Waals surface area contributed by atoms with E-state index in [1.54, 1.807) is 12.1 Å². The summed E-state index contributed by atoms with van der Waals surface area (Å²) in [5.41, 5.74) is 5.30. The van der Waals surface area contributed by atoms with Gasteiger partial charge in [-0.05, 0) is 35.9 Å². The Hall–Kier alpha value is -3.35. The molecule has 2 rings (SSSR count).